The summed E-state index contributed by atoms with van der Waals surface area (Å²) in [6, 6.07) is 14.3. The molecule has 0 aliphatic rings. The lowest BCUT2D eigenvalue weighted by Crippen LogP contribution is -2.46. The Hall–Kier alpha value is -9.33. The van der Waals surface area contributed by atoms with Crippen molar-refractivity contribution in [3.05, 3.63) is 72.2 Å². The first-order valence-electron chi connectivity index (χ1n) is 30.2. The molecule has 0 radical (unpaired) electrons. The van der Waals surface area contributed by atoms with Crippen LogP contribution in [0.2, 0.25) is 0 Å². The molecule has 0 aliphatic heterocycles. The van der Waals surface area contributed by atoms with Crippen LogP contribution in [-0.4, -0.2) is 124 Å². The van der Waals surface area contributed by atoms with Crippen molar-refractivity contribution in [2.24, 2.45) is 0 Å². The molecule has 2 atom stereocenters. The fourth-order valence-corrected chi connectivity index (χ4v) is 8.35. The second kappa shape index (κ2) is 32.2. The fourth-order valence-electron chi connectivity index (χ4n) is 8.27. The number of Topliss-reactive ketones (excluding diaryl/α,β-unsaturated/α-hetero) is 2. The summed E-state index contributed by atoms with van der Waals surface area (Å²) in [5, 5.41) is 17.6. The quantitative estimate of drug-likeness (QED) is 0.0191. The Morgan fingerprint density at radius 1 is 0.432 bits per heavy atom. The number of furan rings is 2. The van der Waals surface area contributed by atoms with Gasteiger partial charge in [0.15, 0.2) is 51.5 Å². The van der Waals surface area contributed by atoms with Crippen LogP contribution in [0.4, 0.5) is 28.8 Å². The van der Waals surface area contributed by atoms with E-state index < -0.39 is 99.5 Å². The molecule has 27 heteroatoms. The molecule has 0 saturated carbocycles. The second-order valence-electron chi connectivity index (χ2n) is 27.4. The van der Waals surface area contributed by atoms with Crippen molar-refractivity contribution in [1.82, 2.24) is 10.6 Å². The van der Waals surface area contributed by atoms with Gasteiger partial charge in [0.2, 0.25) is 0 Å². The molecular weight excluding hydrogens is 1260 g/mol. The maximum absolute atomic E-state index is 12.9. The summed E-state index contributed by atoms with van der Waals surface area (Å²) in [6.45, 7) is 33.2. The van der Waals surface area contributed by atoms with E-state index >= 15 is 0 Å². The highest BCUT2D eigenvalue weighted by Crippen LogP contribution is 2.46. The maximum Gasteiger partial charge on any atom is 0.514 e. The number of amides is 2. The summed E-state index contributed by atoms with van der Waals surface area (Å²) in [6.07, 6.45) is -3.73. The molecular formula is C68H87ClN2O24. The number of aromatic hydroxyl groups is 1. The summed E-state index contributed by atoms with van der Waals surface area (Å²) in [5.41, 5.74) is -5.35. The van der Waals surface area contributed by atoms with Crippen molar-refractivity contribution in [2.45, 2.75) is 210 Å². The molecule has 4 aromatic carbocycles. The third kappa shape index (κ3) is 26.2. The van der Waals surface area contributed by atoms with E-state index in [2.05, 4.69) is 15.4 Å². The number of halogens is 1. The lowest BCUT2D eigenvalue weighted by Gasteiger charge is -2.26. The minimum Gasteiger partial charge on any atom is -0.507 e. The third-order valence-corrected chi connectivity index (χ3v) is 11.8. The van der Waals surface area contributed by atoms with E-state index in [0.717, 1.165) is 0 Å². The standard InChI is InChI=1S/C34H43NO12.C19H18O6.C15H26ClNO6/c1-19(36)24-18-22-25(20-14-11-12-15-21(20)26(27(22)42-24)44-31(40)47-34(8,9)10)43-30(39)41-17-13-16-23(28(37)45-32(2,3)4)35-29(38)46-33(5,6)7;1-10(20)14-9-13-15(21)11-7-5-6-8-12(11)16(17(13)23-14)24-18(22)25-19(2,3)4;1-14(2,3)22-11(18)10(8-7-9-21-12(16)19)17-13(20)23-15(4,5)6/h11-12,14-15,18,23H,13,16-17H2,1-10H3,(H,35,38);5-9,21H,1-4H3;10H,7-9H2,1-6H3,(H,17,20)/t23-;;10-/m0.0/s1. The van der Waals surface area contributed by atoms with Crippen molar-refractivity contribution in [3.63, 3.8) is 0 Å². The highest BCUT2D eigenvalue weighted by Gasteiger charge is 2.33. The Morgan fingerprint density at radius 2 is 0.758 bits per heavy atom. The number of carbonyl (C=O) groups is 10. The second-order valence-corrected chi connectivity index (χ2v) is 27.7. The summed E-state index contributed by atoms with van der Waals surface area (Å²) < 4.78 is 69.4. The number of ether oxygens (including phenoxy) is 11. The molecule has 0 aliphatic carbocycles. The summed E-state index contributed by atoms with van der Waals surface area (Å²) in [5.74, 6) is -1.93. The highest BCUT2D eigenvalue weighted by atomic mass is 35.5. The number of carbonyl (C=O) groups excluding carboxylic acids is 10. The zero-order valence-electron chi connectivity index (χ0n) is 57.4. The number of esters is 2. The average Bonchev–Trinajstić information content (AvgIpc) is 1.69. The van der Waals surface area contributed by atoms with Gasteiger partial charge in [-0.1, -0.05) is 48.5 Å². The summed E-state index contributed by atoms with van der Waals surface area (Å²) in [7, 11) is 0. The molecule has 0 spiro atoms. The Balaban J connectivity index is 0.000000336. The lowest BCUT2D eigenvalue weighted by atomic mass is 10.1. The lowest BCUT2D eigenvalue weighted by molar-refractivity contribution is -0.158. The molecule has 6 rings (SSSR count). The van der Waals surface area contributed by atoms with Gasteiger partial charge in [0.05, 0.1) is 24.0 Å². The van der Waals surface area contributed by atoms with Gasteiger partial charge in [0, 0.05) is 47.0 Å². The molecule has 95 heavy (non-hydrogen) atoms. The van der Waals surface area contributed by atoms with Crippen LogP contribution < -0.4 is 24.8 Å². The molecule has 520 valence electrons. The van der Waals surface area contributed by atoms with Crippen molar-refractivity contribution in [2.75, 3.05) is 13.2 Å². The number of nitrogens with one attached hydrogen (secondary N) is 2. The first-order valence-corrected chi connectivity index (χ1v) is 30.6. The van der Waals surface area contributed by atoms with Crippen LogP contribution in [0.1, 0.15) is 185 Å². The number of phenols is 1. The first kappa shape index (κ1) is 78.1. The summed E-state index contributed by atoms with van der Waals surface area (Å²) in [4.78, 5) is 121. The van der Waals surface area contributed by atoms with E-state index in [4.69, 9.17) is 67.8 Å². The van der Waals surface area contributed by atoms with E-state index in [9.17, 15) is 53.1 Å². The van der Waals surface area contributed by atoms with Crippen LogP contribution in [0.15, 0.2) is 69.5 Å². The van der Waals surface area contributed by atoms with Gasteiger partial charge in [0.25, 0.3) is 0 Å². The topological polar surface area (TPSA) is 343 Å². The predicted molar refractivity (Wildman–Crippen MR) is 348 cm³/mol. The molecule has 0 bridgehead atoms. The molecule has 26 nitrogen and oxygen atoms in total. The fraction of sp³-hybridized carbons (Fsp3) is 0.500. The Bertz CT molecular complexity index is 3780. The zero-order chi connectivity index (χ0) is 71.9. The van der Waals surface area contributed by atoms with Crippen LogP contribution in [0.3, 0.4) is 0 Å². The largest absolute Gasteiger partial charge is 0.514 e. The molecule has 2 amide bonds. The average molecular weight is 1350 g/mol. The first-order chi connectivity index (χ1) is 43.6. The zero-order valence-corrected chi connectivity index (χ0v) is 58.1. The van der Waals surface area contributed by atoms with Gasteiger partial charge in [-0.25, -0.2) is 38.4 Å². The van der Waals surface area contributed by atoms with Gasteiger partial charge in [-0.15, -0.1) is 0 Å². The number of ketones is 2. The van der Waals surface area contributed by atoms with E-state index in [1.54, 1.807) is 173 Å². The smallest absolute Gasteiger partial charge is 0.507 e. The normalized spacial score (nSPS) is 12.5. The molecule has 6 aromatic rings. The molecule has 0 unspecified atom stereocenters. The Labute approximate surface area is 555 Å². The van der Waals surface area contributed by atoms with Gasteiger partial charge in [-0.2, -0.15) is 0 Å². The third-order valence-electron chi connectivity index (χ3n) is 11.7. The van der Waals surface area contributed by atoms with E-state index in [1.165, 1.54) is 26.0 Å². The van der Waals surface area contributed by atoms with Crippen molar-refractivity contribution < 1.29 is 114 Å². The van der Waals surface area contributed by atoms with Crippen LogP contribution in [0.5, 0.6) is 23.0 Å². The highest BCUT2D eigenvalue weighted by molar-refractivity contribution is 6.61. The minimum atomic E-state index is -1.09. The number of phenolic OH excluding ortho intramolecular Hbond substituents is 1. The number of benzene rings is 4. The Morgan fingerprint density at radius 3 is 1.13 bits per heavy atom. The van der Waals surface area contributed by atoms with Gasteiger partial charge < -0.3 is 76.7 Å². The SMILES string of the molecule is CC(=O)c1cc2c(O)c3ccccc3c(OC(=O)OC(C)(C)C)c2o1.CC(=O)c1cc2c(OC(=O)OCCC[C@H](NC(=O)OC(C)(C)C)C(=O)OC(C)(C)C)c3ccccc3c(OC(=O)OC(C)(C)C)c2o1.CC(C)(C)OC(=O)N[C@@H](CCCOC(=O)Cl)C(=O)OC(C)(C)C. The van der Waals surface area contributed by atoms with Gasteiger partial charge in [0.1, 0.15) is 51.4 Å². The maximum atomic E-state index is 12.9. The van der Waals surface area contributed by atoms with Gasteiger partial charge >= 0.3 is 48.0 Å². The number of hydrogen-bond donors (Lipinski definition) is 3. The number of fused-ring (bicyclic) bond motifs is 4. The van der Waals surface area contributed by atoms with Crippen molar-refractivity contribution in [3.8, 4) is 23.0 Å². The Kier molecular flexibility index (Phi) is 26.5. The van der Waals surface area contributed by atoms with Gasteiger partial charge in [-0.3, -0.25) is 9.59 Å². The van der Waals surface area contributed by atoms with Crippen LogP contribution in [0, 0.1) is 0 Å². The van der Waals surface area contributed by atoms with E-state index in [-0.39, 0.29) is 89.3 Å². The number of alkyl carbamates (subject to hydrolysis) is 2. The summed E-state index contributed by atoms with van der Waals surface area (Å²) >= 11 is 5.06. The molecule has 0 saturated heterocycles. The van der Waals surface area contributed by atoms with Crippen LogP contribution in [0.25, 0.3) is 43.5 Å². The number of hydrogen-bond acceptors (Lipinski definition) is 24. The molecule has 0 fully saturated rings. The van der Waals surface area contributed by atoms with E-state index in [1.807, 2.05) is 0 Å². The minimum absolute atomic E-state index is 0.00612. The molecule has 3 N–H and O–H groups in total. The molecule has 2 heterocycles. The molecule has 2 aromatic heterocycles. The van der Waals surface area contributed by atoms with Crippen molar-refractivity contribution >= 4 is 115 Å². The van der Waals surface area contributed by atoms with Crippen molar-refractivity contribution in [1.29, 1.82) is 0 Å². The van der Waals surface area contributed by atoms with Gasteiger partial charge in [-0.05, 0) is 162 Å². The predicted octanol–water partition coefficient (Wildman–Crippen LogP) is 15.8. The van der Waals surface area contributed by atoms with E-state index in [0.29, 0.717) is 33.4 Å². The monoisotopic (exact) mass is 1350 g/mol. The van der Waals surface area contributed by atoms with Crippen LogP contribution >= 0.6 is 11.6 Å². The van der Waals surface area contributed by atoms with Crippen LogP contribution in [-0.2, 0) is 47.5 Å². The number of rotatable bonds is 17.